The Morgan fingerprint density at radius 2 is 1.32 bits per heavy atom. The molecular weight excluding hydrogens is 300 g/mol. The second kappa shape index (κ2) is 14.9. The van der Waals surface area contributed by atoms with E-state index >= 15 is 0 Å². The molecule has 0 saturated carbocycles. The zero-order chi connectivity index (χ0) is 19.2. The van der Waals surface area contributed by atoms with E-state index in [-0.39, 0.29) is 0 Å². The molecule has 4 unspecified atom stereocenters. The van der Waals surface area contributed by atoms with E-state index < -0.39 is 0 Å². The maximum absolute atomic E-state index is 4.37. The van der Waals surface area contributed by atoms with Crippen molar-refractivity contribution in [3.8, 4) is 0 Å². The SMILES string of the molecule is C=C(CC(C)C)CC(C)C(CCC(C)CC)CCC(C)CCCCC. The Morgan fingerprint density at radius 3 is 1.84 bits per heavy atom. The Labute approximate surface area is 161 Å². The number of unbranched alkanes of at least 4 members (excludes halogenated alkanes) is 2. The molecule has 0 rings (SSSR count). The maximum Gasteiger partial charge on any atom is -0.0294 e. The fraction of sp³-hybridized carbons (Fsp3) is 0.920. The highest BCUT2D eigenvalue weighted by Gasteiger charge is 2.20. The lowest BCUT2D eigenvalue weighted by atomic mass is 9.78. The zero-order valence-corrected chi connectivity index (χ0v) is 18.9. The van der Waals surface area contributed by atoms with E-state index in [4.69, 9.17) is 0 Å². The third-order valence-corrected chi connectivity index (χ3v) is 6.17. The van der Waals surface area contributed by atoms with E-state index in [2.05, 4.69) is 55.0 Å². The highest BCUT2D eigenvalue weighted by molar-refractivity contribution is 4.97. The van der Waals surface area contributed by atoms with E-state index in [1.165, 1.54) is 76.2 Å². The van der Waals surface area contributed by atoms with E-state index in [9.17, 15) is 0 Å². The first-order chi connectivity index (χ1) is 11.8. The number of hydrogen-bond donors (Lipinski definition) is 0. The first-order valence-corrected chi connectivity index (χ1v) is 11.5. The predicted molar refractivity (Wildman–Crippen MR) is 117 cm³/mol. The molecule has 0 aromatic carbocycles. The second-order valence-corrected chi connectivity index (χ2v) is 9.56. The average molecular weight is 351 g/mol. The van der Waals surface area contributed by atoms with Gasteiger partial charge in [0.05, 0.1) is 0 Å². The van der Waals surface area contributed by atoms with Gasteiger partial charge in [-0.25, -0.2) is 0 Å². The molecule has 0 aliphatic heterocycles. The van der Waals surface area contributed by atoms with Crippen molar-refractivity contribution in [3.63, 3.8) is 0 Å². The van der Waals surface area contributed by atoms with Crippen LogP contribution < -0.4 is 0 Å². The van der Waals surface area contributed by atoms with E-state index in [0.29, 0.717) is 0 Å². The maximum atomic E-state index is 4.37. The van der Waals surface area contributed by atoms with Crippen LogP contribution in [0.15, 0.2) is 12.2 Å². The van der Waals surface area contributed by atoms with Gasteiger partial charge < -0.3 is 0 Å². The molecule has 150 valence electrons. The van der Waals surface area contributed by atoms with Crippen LogP contribution >= 0.6 is 0 Å². The molecule has 0 aromatic rings. The Balaban J connectivity index is 4.49. The topological polar surface area (TPSA) is 0 Å². The predicted octanol–water partition coefficient (Wildman–Crippen LogP) is 9.05. The standard InChI is InChI=1S/C25H50/c1-9-11-12-13-22(6)15-17-25(16-14-21(5)10-2)24(8)19-23(7)18-20(3)4/h20-22,24-25H,7,9-19H2,1-6,8H3. The van der Waals surface area contributed by atoms with Gasteiger partial charge in [0.15, 0.2) is 0 Å². The lowest BCUT2D eigenvalue weighted by Gasteiger charge is -2.27. The highest BCUT2D eigenvalue weighted by atomic mass is 14.3. The number of hydrogen-bond acceptors (Lipinski definition) is 0. The smallest absolute Gasteiger partial charge is 0.0294 e. The Hall–Kier alpha value is -0.260. The highest BCUT2D eigenvalue weighted by Crippen LogP contribution is 2.32. The van der Waals surface area contributed by atoms with E-state index in [0.717, 1.165) is 29.6 Å². The van der Waals surface area contributed by atoms with E-state index in [1.807, 2.05) is 0 Å². The molecule has 0 bridgehead atoms. The van der Waals surface area contributed by atoms with Gasteiger partial charge in [0.25, 0.3) is 0 Å². The monoisotopic (exact) mass is 350 g/mol. The van der Waals surface area contributed by atoms with Crippen molar-refractivity contribution in [2.45, 2.75) is 119 Å². The fourth-order valence-corrected chi connectivity index (χ4v) is 4.08. The largest absolute Gasteiger partial charge is 0.0998 e. The summed E-state index contributed by atoms with van der Waals surface area (Å²) in [5.41, 5.74) is 1.48. The van der Waals surface area contributed by atoms with Crippen molar-refractivity contribution in [1.82, 2.24) is 0 Å². The van der Waals surface area contributed by atoms with Crippen LogP contribution in [-0.2, 0) is 0 Å². The van der Waals surface area contributed by atoms with Crippen LogP contribution in [0.25, 0.3) is 0 Å². The molecule has 0 amide bonds. The number of allylic oxidation sites excluding steroid dienone is 1. The summed E-state index contributed by atoms with van der Waals surface area (Å²) in [5, 5.41) is 0. The third kappa shape index (κ3) is 13.6. The van der Waals surface area contributed by atoms with Gasteiger partial charge in [-0.1, -0.05) is 106 Å². The lowest BCUT2D eigenvalue weighted by molar-refractivity contribution is 0.262. The quantitative estimate of drug-likeness (QED) is 0.192. The summed E-state index contributed by atoms with van der Waals surface area (Å²) in [7, 11) is 0. The minimum atomic E-state index is 0.747. The minimum Gasteiger partial charge on any atom is -0.0998 e. The molecule has 0 aliphatic carbocycles. The molecule has 0 fully saturated rings. The van der Waals surface area contributed by atoms with Crippen molar-refractivity contribution >= 4 is 0 Å². The summed E-state index contributed by atoms with van der Waals surface area (Å²) < 4.78 is 0. The van der Waals surface area contributed by atoms with Crippen molar-refractivity contribution in [2.24, 2.45) is 29.6 Å². The second-order valence-electron chi connectivity index (χ2n) is 9.56. The summed E-state index contributed by atoms with van der Waals surface area (Å²) in [6.45, 7) is 21.0. The van der Waals surface area contributed by atoms with Gasteiger partial charge >= 0.3 is 0 Å². The summed E-state index contributed by atoms with van der Waals surface area (Å²) in [6, 6.07) is 0. The Bertz CT molecular complexity index is 314. The summed E-state index contributed by atoms with van der Waals surface area (Å²) in [5.74, 6) is 4.24. The van der Waals surface area contributed by atoms with Gasteiger partial charge in [-0.3, -0.25) is 0 Å². The Morgan fingerprint density at radius 1 is 0.720 bits per heavy atom. The molecule has 0 saturated heterocycles. The van der Waals surface area contributed by atoms with Crippen molar-refractivity contribution in [1.29, 1.82) is 0 Å². The van der Waals surface area contributed by atoms with Crippen molar-refractivity contribution in [2.75, 3.05) is 0 Å². The lowest BCUT2D eigenvalue weighted by Crippen LogP contribution is -2.15. The first-order valence-electron chi connectivity index (χ1n) is 11.5. The average Bonchev–Trinajstić information content (AvgIpc) is 2.53. The van der Waals surface area contributed by atoms with Crippen LogP contribution in [-0.4, -0.2) is 0 Å². The van der Waals surface area contributed by atoms with Crippen LogP contribution in [0.4, 0.5) is 0 Å². The molecule has 0 N–H and O–H groups in total. The zero-order valence-electron chi connectivity index (χ0n) is 18.9. The fourth-order valence-electron chi connectivity index (χ4n) is 4.08. The van der Waals surface area contributed by atoms with Crippen LogP contribution in [0.3, 0.4) is 0 Å². The van der Waals surface area contributed by atoms with Gasteiger partial charge in [-0.05, 0) is 55.3 Å². The third-order valence-electron chi connectivity index (χ3n) is 6.17. The molecule has 0 aliphatic rings. The molecule has 0 heterocycles. The van der Waals surface area contributed by atoms with Gasteiger partial charge in [-0.2, -0.15) is 0 Å². The van der Waals surface area contributed by atoms with Gasteiger partial charge in [0, 0.05) is 0 Å². The van der Waals surface area contributed by atoms with Gasteiger partial charge in [0.1, 0.15) is 0 Å². The van der Waals surface area contributed by atoms with Crippen LogP contribution in [0.2, 0.25) is 0 Å². The first kappa shape index (κ1) is 24.7. The van der Waals surface area contributed by atoms with Gasteiger partial charge in [0.2, 0.25) is 0 Å². The normalized spacial score (nSPS) is 16.6. The number of rotatable bonds is 16. The molecular formula is C25H50. The molecule has 0 nitrogen and oxygen atoms in total. The molecule has 0 heteroatoms. The summed E-state index contributed by atoms with van der Waals surface area (Å²) in [4.78, 5) is 0. The van der Waals surface area contributed by atoms with Crippen LogP contribution in [0.1, 0.15) is 119 Å². The molecule has 0 spiro atoms. The summed E-state index contributed by atoms with van der Waals surface area (Å²) in [6.07, 6.45) is 15.1. The van der Waals surface area contributed by atoms with Crippen molar-refractivity contribution in [3.05, 3.63) is 12.2 Å². The van der Waals surface area contributed by atoms with E-state index in [1.54, 1.807) is 0 Å². The van der Waals surface area contributed by atoms with Crippen molar-refractivity contribution < 1.29 is 0 Å². The summed E-state index contributed by atoms with van der Waals surface area (Å²) >= 11 is 0. The molecule has 0 aromatic heterocycles. The molecule has 4 atom stereocenters. The van der Waals surface area contributed by atoms with Crippen LogP contribution in [0, 0.1) is 29.6 Å². The Kier molecular flexibility index (Phi) is 14.7. The van der Waals surface area contributed by atoms with Crippen LogP contribution in [0.5, 0.6) is 0 Å². The van der Waals surface area contributed by atoms with Gasteiger partial charge in [-0.15, -0.1) is 0 Å². The minimum absolute atomic E-state index is 0.747. The molecule has 25 heavy (non-hydrogen) atoms. The molecule has 0 radical (unpaired) electrons.